The van der Waals surface area contributed by atoms with Crippen LogP contribution in [0.5, 0.6) is 23.0 Å². The predicted molar refractivity (Wildman–Crippen MR) is 188 cm³/mol. The summed E-state index contributed by atoms with van der Waals surface area (Å²) in [5, 5.41) is 4.36. The zero-order chi connectivity index (χ0) is 39.5. The van der Waals surface area contributed by atoms with E-state index >= 15 is 0 Å². The highest BCUT2D eigenvalue weighted by Crippen LogP contribution is 2.37. The quantitative estimate of drug-likeness (QED) is 0.138. The van der Waals surface area contributed by atoms with E-state index in [2.05, 4.69) is 15.6 Å². The maximum Gasteiger partial charge on any atom is 0.433 e. The summed E-state index contributed by atoms with van der Waals surface area (Å²) in [5.41, 5.74) is -1.98. The summed E-state index contributed by atoms with van der Waals surface area (Å²) in [6.07, 6.45) is -9.24. The minimum Gasteiger partial charge on any atom is -0.496 e. The van der Waals surface area contributed by atoms with Gasteiger partial charge in [0.2, 0.25) is 0 Å². The van der Waals surface area contributed by atoms with E-state index in [0.717, 1.165) is 12.1 Å². The number of nitrogens with one attached hydrogen (secondary N) is 2. The van der Waals surface area contributed by atoms with Crippen molar-refractivity contribution < 1.29 is 54.9 Å². The normalized spacial score (nSPS) is 11.3. The van der Waals surface area contributed by atoms with Gasteiger partial charge in [0.15, 0.2) is 0 Å². The number of amides is 2. The first kappa shape index (κ1) is 42.2. The molecule has 0 atom stereocenters. The van der Waals surface area contributed by atoms with E-state index in [0.29, 0.717) is 19.8 Å². The number of anilines is 2. The molecule has 2 N–H and O–H groups in total. The number of aromatic nitrogens is 1. The number of halogens is 7. The fourth-order valence-corrected chi connectivity index (χ4v) is 4.85. The number of hydrogen-bond acceptors (Lipinski definition) is 8. The molecule has 0 radical (unpaired) electrons. The molecule has 4 rings (SSSR count). The van der Waals surface area contributed by atoms with E-state index in [1.54, 1.807) is 43.3 Å². The third kappa shape index (κ3) is 11.6. The van der Waals surface area contributed by atoms with Gasteiger partial charge in [0.25, 0.3) is 11.8 Å². The van der Waals surface area contributed by atoms with Crippen LogP contribution in [-0.4, -0.2) is 69.8 Å². The van der Waals surface area contributed by atoms with Gasteiger partial charge in [0.05, 0.1) is 31.4 Å². The van der Waals surface area contributed by atoms with Gasteiger partial charge in [0, 0.05) is 12.2 Å². The van der Waals surface area contributed by atoms with Crippen molar-refractivity contribution in [3.63, 3.8) is 0 Å². The van der Waals surface area contributed by atoms with Gasteiger partial charge >= 0.3 is 12.4 Å². The summed E-state index contributed by atoms with van der Waals surface area (Å²) in [6, 6.07) is 15.3. The van der Waals surface area contributed by atoms with Crippen molar-refractivity contribution in [1.29, 1.82) is 0 Å². The molecule has 3 aromatic carbocycles. The molecule has 17 heteroatoms. The fraction of sp³-hybridized carbons (Fsp3) is 0.306. The number of methoxy groups -OCH3 is 2. The van der Waals surface area contributed by atoms with Crippen molar-refractivity contribution in [1.82, 2.24) is 9.88 Å². The number of aryl methyl sites for hydroxylation is 1. The molecule has 0 fully saturated rings. The highest BCUT2D eigenvalue weighted by molar-refractivity contribution is 6.31. The van der Waals surface area contributed by atoms with Crippen LogP contribution in [0, 0.1) is 6.92 Å². The maximum atomic E-state index is 13.1. The van der Waals surface area contributed by atoms with Gasteiger partial charge in [-0.25, -0.2) is 4.98 Å². The lowest BCUT2D eigenvalue weighted by Gasteiger charge is -2.17. The van der Waals surface area contributed by atoms with Crippen LogP contribution in [0.1, 0.15) is 44.5 Å². The van der Waals surface area contributed by atoms with Crippen molar-refractivity contribution in [3.05, 3.63) is 99.7 Å². The zero-order valence-corrected chi connectivity index (χ0v) is 30.2. The van der Waals surface area contributed by atoms with Crippen LogP contribution in [0.2, 0.25) is 5.02 Å². The standard InChI is InChI=1S/C20H24F3N3O3.C16H13ClF3NO3/c1-5-28-14-7-6-8-15(29-12-11-26(3)4)17(14)19(27)25-16-10-9-13(2)18(24-16)20(21,22)23;1-23-12-4-3-5-13(24-2)14(12)15(22)21-9-6-7-11(17)10(8-9)16(18,19)20/h6-10H,5,11-12H2,1-4H3,(H,24,25,27);3-8H,1-2H3,(H,21,22). The monoisotopic (exact) mass is 770 g/mol. The average molecular weight is 771 g/mol. The molecule has 1 aromatic heterocycles. The summed E-state index contributed by atoms with van der Waals surface area (Å²) in [6.45, 7) is 4.32. The number of hydrogen-bond donors (Lipinski definition) is 2. The van der Waals surface area contributed by atoms with Gasteiger partial charge in [-0.2, -0.15) is 26.3 Å². The summed E-state index contributed by atoms with van der Waals surface area (Å²) < 4.78 is 99.4. The Hall–Kier alpha value is -5.22. The Morgan fingerprint density at radius 1 is 0.774 bits per heavy atom. The van der Waals surface area contributed by atoms with Gasteiger partial charge in [0.1, 0.15) is 52.2 Å². The molecule has 286 valence electrons. The second-order valence-corrected chi connectivity index (χ2v) is 11.6. The van der Waals surface area contributed by atoms with Crippen molar-refractivity contribution >= 4 is 34.9 Å². The number of pyridine rings is 1. The number of likely N-dealkylation sites (N-methyl/N-ethyl adjacent to an activating group) is 1. The molecular weight excluding hydrogens is 734 g/mol. The van der Waals surface area contributed by atoms with Crippen LogP contribution in [0.4, 0.5) is 37.8 Å². The molecule has 53 heavy (non-hydrogen) atoms. The lowest BCUT2D eigenvalue weighted by Crippen LogP contribution is -2.21. The van der Waals surface area contributed by atoms with E-state index in [1.165, 1.54) is 39.3 Å². The molecule has 0 unspecified atom stereocenters. The summed E-state index contributed by atoms with van der Waals surface area (Å²) >= 11 is 5.56. The molecule has 0 saturated carbocycles. The Balaban J connectivity index is 0.000000290. The molecule has 1 heterocycles. The van der Waals surface area contributed by atoms with Crippen LogP contribution < -0.4 is 29.6 Å². The van der Waals surface area contributed by atoms with Crippen LogP contribution in [0.15, 0.2) is 66.7 Å². The number of nitrogens with zero attached hydrogens (tertiary/aromatic N) is 2. The Bertz CT molecular complexity index is 1870. The van der Waals surface area contributed by atoms with E-state index in [4.69, 9.17) is 30.5 Å². The third-order valence-corrected chi connectivity index (χ3v) is 7.43. The highest BCUT2D eigenvalue weighted by Gasteiger charge is 2.35. The second kappa shape index (κ2) is 18.5. The number of rotatable bonds is 12. The molecule has 4 aromatic rings. The lowest BCUT2D eigenvalue weighted by molar-refractivity contribution is -0.141. The smallest absolute Gasteiger partial charge is 0.433 e. The molecule has 0 aliphatic heterocycles. The number of ether oxygens (including phenoxy) is 4. The SMILES string of the molecule is CCOc1cccc(OCCN(C)C)c1C(=O)Nc1ccc(C)c(C(F)(F)F)n1.COc1cccc(OC)c1C(=O)Nc1ccc(Cl)c(C(F)(F)F)c1. The Kier molecular flexibility index (Phi) is 14.7. The Morgan fingerprint density at radius 2 is 1.32 bits per heavy atom. The van der Waals surface area contributed by atoms with E-state index in [1.807, 2.05) is 19.0 Å². The molecular formula is C36H37ClF6N4O6. The first-order valence-corrected chi connectivity index (χ1v) is 16.1. The number of carbonyl (C=O) groups excluding carboxylic acids is 2. The zero-order valence-electron chi connectivity index (χ0n) is 29.5. The Morgan fingerprint density at radius 3 is 1.85 bits per heavy atom. The van der Waals surface area contributed by atoms with E-state index < -0.39 is 40.4 Å². The molecule has 0 spiro atoms. The largest absolute Gasteiger partial charge is 0.496 e. The van der Waals surface area contributed by atoms with Gasteiger partial charge in [-0.3, -0.25) is 9.59 Å². The highest BCUT2D eigenvalue weighted by atomic mass is 35.5. The molecule has 0 aliphatic rings. The number of carbonyl (C=O) groups is 2. The van der Waals surface area contributed by atoms with E-state index in [9.17, 15) is 35.9 Å². The summed E-state index contributed by atoms with van der Waals surface area (Å²) in [4.78, 5) is 30.8. The van der Waals surface area contributed by atoms with Crippen LogP contribution in [-0.2, 0) is 12.4 Å². The van der Waals surface area contributed by atoms with E-state index in [-0.39, 0.29) is 51.2 Å². The molecule has 0 saturated heterocycles. The first-order chi connectivity index (χ1) is 24.9. The molecule has 0 bridgehead atoms. The van der Waals surface area contributed by atoms with Gasteiger partial charge in [-0.15, -0.1) is 0 Å². The Labute approximate surface area is 307 Å². The van der Waals surface area contributed by atoms with Crippen LogP contribution in [0.25, 0.3) is 0 Å². The number of benzene rings is 3. The predicted octanol–water partition coefficient (Wildman–Crippen LogP) is 8.63. The molecule has 10 nitrogen and oxygen atoms in total. The van der Waals surface area contributed by atoms with Gasteiger partial charge < -0.3 is 34.5 Å². The first-order valence-electron chi connectivity index (χ1n) is 15.7. The summed E-state index contributed by atoms with van der Waals surface area (Å²) in [7, 11) is 6.51. The second-order valence-electron chi connectivity index (χ2n) is 11.2. The van der Waals surface area contributed by atoms with Crippen molar-refractivity contribution in [3.8, 4) is 23.0 Å². The van der Waals surface area contributed by atoms with Crippen molar-refractivity contribution in [2.75, 3.05) is 58.7 Å². The minimum atomic E-state index is -4.63. The lowest BCUT2D eigenvalue weighted by atomic mass is 10.1. The van der Waals surface area contributed by atoms with Gasteiger partial charge in [-0.05, 0) is 82.0 Å². The maximum absolute atomic E-state index is 13.1. The average Bonchev–Trinajstić information content (AvgIpc) is 3.08. The third-order valence-electron chi connectivity index (χ3n) is 7.10. The van der Waals surface area contributed by atoms with Crippen LogP contribution in [0.3, 0.4) is 0 Å². The number of alkyl halides is 6. The minimum absolute atomic E-state index is 0.0297. The molecule has 0 aliphatic carbocycles. The van der Waals surface area contributed by atoms with Crippen molar-refractivity contribution in [2.24, 2.45) is 0 Å². The van der Waals surface area contributed by atoms with Crippen molar-refractivity contribution in [2.45, 2.75) is 26.2 Å². The fourth-order valence-electron chi connectivity index (χ4n) is 4.62. The van der Waals surface area contributed by atoms with Crippen LogP contribution >= 0.6 is 11.6 Å². The topological polar surface area (TPSA) is 111 Å². The summed E-state index contributed by atoms with van der Waals surface area (Å²) in [5.74, 6) is -0.528. The molecule has 2 amide bonds. The van der Waals surface area contributed by atoms with Gasteiger partial charge in [-0.1, -0.05) is 29.8 Å².